The van der Waals surface area contributed by atoms with Crippen LogP contribution >= 0.6 is 0 Å². The molecule has 3 fully saturated rings. The lowest BCUT2D eigenvalue weighted by Gasteiger charge is -2.18. The van der Waals surface area contributed by atoms with Crippen molar-refractivity contribution in [3.8, 4) is 0 Å². The van der Waals surface area contributed by atoms with E-state index in [1.54, 1.807) is 0 Å². The van der Waals surface area contributed by atoms with E-state index in [-0.39, 0.29) is 0 Å². The van der Waals surface area contributed by atoms with Crippen LogP contribution in [0.25, 0.3) is 0 Å². The van der Waals surface area contributed by atoms with Crippen molar-refractivity contribution < 1.29 is 9.47 Å². The molecule has 1 aliphatic carbocycles. The van der Waals surface area contributed by atoms with Crippen molar-refractivity contribution in [2.24, 2.45) is 5.92 Å². The van der Waals surface area contributed by atoms with Gasteiger partial charge >= 0.3 is 0 Å². The summed E-state index contributed by atoms with van der Waals surface area (Å²) in [6, 6.07) is 0. The molecule has 2 aliphatic heterocycles. The second kappa shape index (κ2) is 4.06. The number of fused-ring (bicyclic) bond motifs is 1. The minimum atomic E-state index is 0.604. The Kier molecular flexibility index (Phi) is 2.73. The van der Waals surface area contributed by atoms with Crippen LogP contribution < -0.4 is 0 Å². The molecule has 0 spiro atoms. The van der Waals surface area contributed by atoms with Crippen molar-refractivity contribution in [2.45, 2.75) is 76.3 Å². The normalized spacial score (nSPS) is 47.4. The summed E-state index contributed by atoms with van der Waals surface area (Å²) in [5.74, 6) is 0.951. The number of hydrogen-bond donors (Lipinski definition) is 0. The molecule has 2 heteroatoms. The summed E-state index contributed by atoms with van der Waals surface area (Å²) < 4.78 is 11.1. The van der Waals surface area contributed by atoms with Crippen LogP contribution in [0.5, 0.6) is 0 Å². The molecule has 3 rings (SSSR count). The Morgan fingerprint density at radius 2 is 1.93 bits per heavy atom. The molecule has 0 aromatic carbocycles. The first kappa shape index (κ1) is 10.1. The smallest absolute Gasteiger partial charge is 0.0844 e. The topological polar surface area (TPSA) is 25.1 Å². The van der Waals surface area contributed by atoms with Crippen LogP contribution in [0.3, 0.4) is 0 Å². The van der Waals surface area contributed by atoms with Gasteiger partial charge in [0.1, 0.15) is 0 Å². The van der Waals surface area contributed by atoms with Gasteiger partial charge in [-0.3, -0.25) is 0 Å². The van der Waals surface area contributed by atoms with Crippen LogP contribution in [0.2, 0.25) is 0 Å². The molecule has 0 bridgehead atoms. The Morgan fingerprint density at radius 1 is 1.00 bits per heavy atom. The zero-order valence-electron chi connectivity index (χ0n) is 9.65. The summed E-state index contributed by atoms with van der Waals surface area (Å²) in [4.78, 5) is 0. The van der Waals surface area contributed by atoms with E-state index in [0.717, 1.165) is 5.92 Å². The van der Waals surface area contributed by atoms with E-state index in [1.807, 2.05) is 0 Å². The van der Waals surface area contributed by atoms with E-state index >= 15 is 0 Å². The third-order valence-electron chi connectivity index (χ3n) is 4.30. The first-order chi connectivity index (χ1) is 7.36. The second-order valence-electron chi connectivity index (χ2n) is 5.44. The van der Waals surface area contributed by atoms with Crippen molar-refractivity contribution in [1.82, 2.24) is 0 Å². The lowest BCUT2D eigenvalue weighted by atomic mass is 9.85. The van der Waals surface area contributed by atoms with Crippen LogP contribution in [-0.4, -0.2) is 24.4 Å². The Balaban J connectivity index is 1.29. The molecule has 2 heterocycles. The van der Waals surface area contributed by atoms with Gasteiger partial charge < -0.3 is 9.47 Å². The van der Waals surface area contributed by atoms with Gasteiger partial charge in [0.25, 0.3) is 0 Å². The summed E-state index contributed by atoms with van der Waals surface area (Å²) in [5, 5.41) is 0. The summed E-state index contributed by atoms with van der Waals surface area (Å²) in [7, 11) is 0. The lowest BCUT2D eigenvalue weighted by Crippen LogP contribution is -2.13. The minimum Gasteiger partial charge on any atom is -0.370 e. The largest absolute Gasteiger partial charge is 0.370 e. The predicted octanol–water partition coefficient (Wildman–Crippen LogP) is 2.90. The van der Waals surface area contributed by atoms with E-state index in [2.05, 4.69) is 6.92 Å². The molecule has 5 atom stereocenters. The molecule has 0 amide bonds. The maximum Gasteiger partial charge on any atom is 0.0844 e. The molecule has 86 valence electrons. The van der Waals surface area contributed by atoms with Gasteiger partial charge in [0.2, 0.25) is 0 Å². The highest BCUT2D eigenvalue weighted by Gasteiger charge is 2.43. The minimum absolute atomic E-state index is 0.604. The monoisotopic (exact) mass is 210 g/mol. The van der Waals surface area contributed by atoms with Gasteiger partial charge in [0.05, 0.1) is 24.4 Å². The number of epoxide rings is 2. The second-order valence-corrected chi connectivity index (χ2v) is 5.44. The predicted molar refractivity (Wildman–Crippen MR) is 58.8 cm³/mol. The molecule has 1 saturated carbocycles. The van der Waals surface area contributed by atoms with Gasteiger partial charge in [-0.1, -0.05) is 19.8 Å². The van der Waals surface area contributed by atoms with E-state index < -0.39 is 0 Å². The molecular formula is C13H22O2. The Labute approximate surface area is 92.3 Å². The summed E-state index contributed by atoms with van der Waals surface area (Å²) in [5.41, 5.74) is 0. The Hall–Kier alpha value is -0.0800. The number of ether oxygens (including phenoxy) is 2. The van der Waals surface area contributed by atoms with Gasteiger partial charge in [-0.05, 0) is 38.0 Å². The summed E-state index contributed by atoms with van der Waals surface area (Å²) in [6.07, 6.45) is 11.9. The quantitative estimate of drug-likeness (QED) is 0.652. The average Bonchev–Trinajstić information content (AvgIpc) is 3.12. The molecule has 0 N–H and O–H groups in total. The van der Waals surface area contributed by atoms with E-state index in [9.17, 15) is 0 Å². The highest BCUT2D eigenvalue weighted by molar-refractivity contribution is 4.92. The molecule has 15 heavy (non-hydrogen) atoms. The highest BCUT2D eigenvalue weighted by atomic mass is 16.6. The van der Waals surface area contributed by atoms with E-state index in [4.69, 9.17) is 9.47 Å². The molecule has 0 aromatic heterocycles. The molecule has 0 aromatic rings. The van der Waals surface area contributed by atoms with Crippen LogP contribution in [0.1, 0.15) is 51.9 Å². The van der Waals surface area contributed by atoms with E-state index in [1.165, 1.54) is 44.9 Å². The fourth-order valence-corrected chi connectivity index (χ4v) is 3.15. The third kappa shape index (κ3) is 2.36. The standard InChI is InChI=1S/C13H22O2/c1-2-10-11(14-10)5-3-4-9-6-7-12-13(8-9)15-12/h9-13H,2-8H2,1H3. The van der Waals surface area contributed by atoms with Crippen molar-refractivity contribution >= 4 is 0 Å². The van der Waals surface area contributed by atoms with Gasteiger partial charge in [0, 0.05) is 0 Å². The Morgan fingerprint density at radius 3 is 2.67 bits per heavy atom. The molecule has 2 saturated heterocycles. The maximum atomic E-state index is 5.56. The third-order valence-corrected chi connectivity index (χ3v) is 4.30. The fourth-order valence-electron chi connectivity index (χ4n) is 3.15. The maximum absolute atomic E-state index is 5.56. The zero-order chi connectivity index (χ0) is 10.3. The van der Waals surface area contributed by atoms with Crippen LogP contribution in [0, 0.1) is 5.92 Å². The van der Waals surface area contributed by atoms with Gasteiger partial charge in [-0.2, -0.15) is 0 Å². The van der Waals surface area contributed by atoms with Gasteiger partial charge in [-0.15, -0.1) is 0 Å². The van der Waals surface area contributed by atoms with Gasteiger partial charge in [0.15, 0.2) is 0 Å². The fraction of sp³-hybridized carbons (Fsp3) is 1.00. The van der Waals surface area contributed by atoms with Crippen molar-refractivity contribution in [3.05, 3.63) is 0 Å². The van der Waals surface area contributed by atoms with Crippen molar-refractivity contribution in [2.75, 3.05) is 0 Å². The lowest BCUT2D eigenvalue weighted by molar-refractivity contribution is 0.326. The van der Waals surface area contributed by atoms with Crippen LogP contribution in [-0.2, 0) is 9.47 Å². The number of rotatable bonds is 5. The first-order valence-corrected chi connectivity index (χ1v) is 6.67. The van der Waals surface area contributed by atoms with Crippen molar-refractivity contribution in [1.29, 1.82) is 0 Å². The van der Waals surface area contributed by atoms with Crippen molar-refractivity contribution in [3.63, 3.8) is 0 Å². The molecular weight excluding hydrogens is 188 g/mol. The molecule has 5 unspecified atom stereocenters. The highest BCUT2D eigenvalue weighted by Crippen LogP contribution is 2.41. The SMILES string of the molecule is CCC1OC1CCCC1CCC2OC2C1. The van der Waals surface area contributed by atoms with Crippen LogP contribution in [0.4, 0.5) is 0 Å². The van der Waals surface area contributed by atoms with Crippen LogP contribution in [0.15, 0.2) is 0 Å². The molecule has 0 radical (unpaired) electrons. The molecule has 2 nitrogen and oxygen atoms in total. The number of hydrogen-bond acceptors (Lipinski definition) is 2. The van der Waals surface area contributed by atoms with E-state index in [0.29, 0.717) is 24.4 Å². The summed E-state index contributed by atoms with van der Waals surface area (Å²) >= 11 is 0. The first-order valence-electron chi connectivity index (χ1n) is 6.67. The Bertz CT molecular complexity index is 229. The van der Waals surface area contributed by atoms with Gasteiger partial charge in [-0.25, -0.2) is 0 Å². The average molecular weight is 210 g/mol. The summed E-state index contributed by atoms with van der Waals surface area (Å²) in [6.45, 7) is 2.22. The molecule has 3 aliphatic rings. The zero-order valence-corrected chi connectivity index (χ0v) is 9.65.